The Morgan fingerprint density at radius 3 is 2.65 bits per heavy atom. The van der Waals surface area contributed by atoms with E-state index in [1.807, 2.05) is 13.8 Å². The molecule has 1 rings (SSSR count). The van der Waals surface area contributed by atoms with Gasteiger partial charge in [0, 0.05) is 33.2 Å². The summed E-state index contributed by atoms with van der Waals surface area (Å²) in [5, 5.41) is 21.3. The van der Waals surface area contributed by atoms with Crippen molar-refractivity contribution < 1.29 is 24.5 Å². The first-order valence-corrected chi connectivity index (χ1v) is 6.71. The molecule has 7 heteroatoms. The van der Waals surface area contributed by atoms with Gasteiger partial charge in [-0.25, -0.2) is 9.59 Å². The number of amides is 2. The number of likely N-dealkylation sites (tertiary alicyclic amines) is 1. The van der Waals surface area contributed by atoms with Crippen molar-refractivity contribution in [3.63, 3.8) is 0 Å². The first kappa shape index (κ1) is 16.7. The zero-order chi connectivity index (χ0) is 15.3. The summed E-state index contributed by atoms with van der Waals surface area (Å²) in [5.74, 6) is -1.09. The molecule has 1 aliphatic rings. The summed E-state index contributed by atoms with van der Waals surface area (Å²) in [5.41, 5.74) is -0.136. The highest BCUT2D eigenvalue weighted by Crippen LogP contribution is 2.21. The predicted molar refractivity (Wildman–Crippen MR) is 72.4 cm³/mol. The van der Waals surface area contributed by atoms with Crippen LogP contribution in [-0.2, 0) is 9.53 Å². The second-order valence-electron chi connectivity index (χ2n) is 5.96. The molecule has 116 valence electrons. The Hall–Kier alpha value is -1.34. The van der Waals surface area contributed by atoms with Gasteiger partial charge in [0.25, 0.3) is 0 Å². The highest BCUT2D eigenvalue weighted by atomic mass is 16.5. The fourth-order valence-corrected chi connectivity index (χ4v) is 2.16. The number of nitrogens with zero attached hydrogens (tertiary/aromatic N) is 1. The molecule has 1 fully saturated rings. The summed E-state index contributed by atoms with van der Waals surface area (Å²) in [6.45, 7) is 5.08. The molecule has 0 saturated carbocycles. The number of carbonyl (C=O) groups excluding carboxylic acids is 1. The van der Waals surface area contributed by atoms with E-state index < -0.39 is 24.1 Å². The van der Waals surface area contributed by atoms with Crippen molar-refractivity contribution in [2.75, 3.05) is 26.8 Å². The monoisotopic (exact) mass is 288 g/mol. The SMILES string of the molecule is COCCC(C)(C)CNC(=O)N1C[C@H](O)C[C@H]1C(=O)O. The molecule has 2 amide bonds. The number of ether oxygens (including phenoxy) is 1. The van der Waals surface area contributed by atoms with Crippen LogP contribution in [-0.4, -0.2) is 66.1 Å². The van der Waals surface area contributed by atoms with E-state index in [1.54, 1.807) is 7.11 Å². The third-order valence-electron chi connectivity index (χ3n) is 3.53. The molecule has 1 heterocycles. The maximum absolute atomic E-state index is 12.0. The average molecular weight is 288 g/mol. The Morgan fingerprint density at radius 2 is 2.10 bits per heavy atom. The van der Waals surface area contributed by atoms with Gasteiger partial charge in [0.2, 0.25) is 0 Å². The van der Waals surface area contributed by atoms with Crippen molar-refractivity contribution in [1.29, 1.82) is 0 Å². The van der Waals surface area contributed by atoms with Gasteiger partial charge in [0.05, 0.1) is 6.10 Å². The van der Waals surface area contributed by atoms with Gasteiger partial charge in [-0.15, -0.1) is 0 Å². The third kappa shape index (κ3) is 4.64. The van der Waals surface area contributed by atoms with E-state index >= 15 is 0 Å². The number of aliphatic carboxylic acids is 1. The summed E-state index contributed by atoms with van der Waals surface area (Å²) < 4.78 is 5.01. The normalized spacial score (nSPS) is 22.9. The number of hydrogen-bond donors (Lipinski definition) is 3. The molecule has 0 radical (unpaired) electrons. The minimum atomic E-state index is -1.09. The van der Waals surface area contributed by atoms with Crippen molar-refractivity contribution in [3.05, 3.63) is 0 Å². The fourth-order valence-electron chi connectivity index (χ4n) is 2.16. The summed E-state index contributed by atoms with van der Waals surface area (Å²) >= 11 is 0. The Kier molecular flexibility index (Phi) is 5.76. The van der Waals surface area contributed by atoms with Gasteiger partial charge in [0.15, 0.2) is 0 Å². The van der Waals surface area contributed by atoms with E-state index in [-0.39, 0.29) is 18.4 Å². The summed E-state index contributed by atoms with van der Waals surface area (Å²) in [7, 11) is 1.62. The molecule has 0 spiro atoms. The van der Waals surface area contributed by atoms with E-state index in [4.69, 9.17) is 9.84 Å². The maximum atomic E-state index is 12.0. The molecule has 0 unspecified atom stereocenters. The van der Waals surface area contributed by atoms with Gasteiger partial charge in [-0.2, -0.15) is 0 Å². The van der Waals surface area contributed by atoms with Crippen molar-refractivity contribution in [3.8, 4) is 0 Å². The van der Waals surface area contributed by atoms with Gasteiger partial charge in [0.1, 0.15) is 6.04 Å². The molecule has 2 atom stereocenters. The zero-order valence-corrected chi connectivity index (χ0v) is 12.3. The van der Waals surface area contributed by atoms with Crippen LogP contribution in [0.1, 0.15) is 26.7 Å². The van der Waals surface area contributed by atoms with Gasteiger partial charge in [-0.05, 0) is 11.8 Å². The highest BCUT2D eigenvalue weighted by molar-refractivity contribution is 5.83. The predicted octanol–water partition coefficient (Wildman–Crippen LogP) is 0.279. The van der Waals surface area contributed by atoms with Crippen LogP contribution in [0.25, 0.3) is 0 Å². The molecule has 1 aliphatic heterocycles. The highest BCUT2D eigenvalue weighted by Gasteiger charge is 2.39. The van der Waals surface area contributed by atoms with Crippen LogP contribution in [0.15, 0.2) is 0 Å². The number of rotatable bonds is 6. The van der Waals surface area contributed by atoms with Crippen molar-refractivity contribution >= 4 is 12.0 Å². The molecule has 7 nitrogen and oxygen atoms in total. The first-order valence-electron chi connectivity index (χ1n) is 6.71. The molecule has 0 aromatic heterocycles. The maximum Gasteiger partial charge on any atom is 0.326 e. The molecular formula is C13H24N2O5. The minimum absolute atomic E-state index is 0.0568. The fraction of sp³-hybridized carbons (Fsp3) is 0.846. The molecule has 0 aromatic carbocycles. The number of carbonyl (C=O) groups is 2. The lowest BCUT2D eigenvalue weighted by Gasteiger charge is -2.27. The van der Waals surface area contributed by atoms with Crippen molar-refractivity contribution in [1.82, 2.24) is 10.2 Å². The van der Waals surface area contributed by atoms with E-state index in [1.165, 1.54) is 4.90 Å². The number of nitrogens with one attached hydrogen (secondary N) is 1. The Bertz CT molecular complexity index is 359. The molecule has 0 aromatic rings. The molecule has 0 aliphatic carbocycles. The number of methoxy groups -OCH3 is 1. The number of carboxylic acid groups (broad SMARTS) is 1. The van der Waals surface area contributed by atoms with Crippen LogP contribution in [0, 0.1) is 5.41 Å². The lowest BCUT2D eigenvalue weighted by atomic mass is 9.90. The Balaban J connectivity index is 2.51. The number of aliphatic hydroxyl groups is 1. The number of urea groups is 1. The minimum Gasteiger partial charge on any atom is -0.480 e. The van der Waals surface area contributed by atoms with Gasteiger partial charge in [-0.3, -0.25) is 0 Å². The van der Waals surface area contributed by atoms with E-state index in [2.05, 4.69) is 5.32 Å². The second-order valence-corrected chi connectivity index (χ2v) is 5.96. The van der Waals surface area contributed by atoms with E-state index in [9.17, 15) is 14.7 Å². The standard InChI is InChI=1S/C13H24N2O5/c1-13(2,4-5-20-3)8-14-12(19)15-7-9(16)6-10(15)11(17)18/h9-10,16H,4-8H2,1-3H3,(H,14,19)(H,17,18)/t9-,10+/m1/s1. The first-order chi connectivity index (χ1) is 9.26. The van der Waals surface area contributed by atoms with Gasteiger partial charge >= 0.3 is 12.0 Å². The van der Waals surface area contributed by atoms with Crippen LogP contribution < -0.4 is 5.32 Å². The second kappa shape index (κ2) is 6.90. The average Bonchev–Trinajstić information content (AvgIpc) is 2.76. The van der Waals surface area contributed by atoms with E-state index in [0.29, 0.717) is 13.2 Å². The molecular weight excluding hydrogens is 264 g/mol. The summed E-state index contributed by atoms with van der Waals surface area (Å²) in [6.07, 6.45) is 0.0910. The number of aliphatic hydroxyl groups excluding tert-OH is 1. The Labute approximate surface area is 118 Å². The van der Waals surface area contributed by atoms with Crippen molar-refractivity contribution in [2.24, 2.45) is 5.41 Å². The summed E-state index contributed by atoms with van der Waals surface area (Å²) in [6, 6.07) is -1.40. The lowest BCUT2D eigenvalue weighted by Crippen LogP contribution is -2.48. The molecule has 3 N–H and O–H groups in total. The summed E-state index contributed by atoms with van der Waals surface area (Å²) in [4.78, 5) is 24.3. The zero-order valence-electron chi connectivity index (χ0n) is 12.3. The topological polar surface area (TPSA) is 99.1 Å². The van der Waals surface area contributed by atoms with Gasteiger partial charge < -0.3 is 25.2 Å². The largest absolute Gasteiger partial charge is 0.480 e. The van der Waals surface area contributed by atoms with Gasteiger partial charge in [-0.1, -0.05) is 13.8 Å². The molecule has 1 saturated heterocycles. The number of hydrogen-bond acceptors (Lipinski definition) is 4. The number of carboxylic acids is 1. The molecule has 20 heavy (non-hydrogen) atoms. The van der Waals surface area contributed by atoms with E-state index in [0.717, 1.165) is 6.42 Å². The van der Waals surface area contributed by atoms with Crippen LogP contribution in [0.4, 0.5) is 4.79 Å². The quantitative estimate of drug-likeness (QED) is 0.652. The van der Waals surface area contributed by atoms with Crippen LogP contribution >= 0.6 is 0 Å². The smallest absolute Gasteiger partial charge is 0.326 e. The third-order valence-corrected chi connectivity index (χ3v) is 3.53. The van der Waals surface area contributed by atoms with Crippen LogP contribution in [0.3, 0.4) is 0 Å². The van der Waals surface area contributed by atoms with Crippen molar-refractivity contribution in [2.45, 2.75) is 38.8 Å². The van der Waals surface area contributed by atoms with Crippen LogP contribution in [0.5, 0.6) is 0 Å². The van der Waals surface area contributed by atoms with Crippen LogP contribution in [0.2, 0.25) is 0 Å². The lowest BCUT2D eigenvalue weighted by molar-refractivity contribution is -0.141. The molecule has 0 bridgehead atoms. The number of β-amino-alcohol motifs (C(OH)–C–C–N with tert-alkyl or cyclic N) is 1. The Morgan fingerprint density at radius 1 is 1.45 bits per heavy atom.